The fourth-order valence-electron chi connectivity index (χ4n) is 2.11. The van der Waals surface area contributed by atoms with Crippen LogP contribution in [0.2, 0.25) is 0 Å². The van der Waals surface area contributed by atoms with Gasteiger partial charge in [0, 0.05) is 36.9 Å². The third-order valence-corrected chi connectivity index (χ3v) is 3.09. The van der Waals surface area contributed by atoms with Gasteiger partial charge in [-0.15, -0.1) is 0 Å². The van der Waals surface area contributed by atoms with Crippen molar-refractivity contribution in [1.29, 1.82) is 0 Å². The van der Waals surface area contributed by atoms with Crippen molar-refractivity contribution in [3.63, 3.8) is 0 Å². The van der Waals surface area contributed by atoms with Gasteiger partial charge >= 0.3 is 0 Å². The van der Waals surface area contributed by atoms with Crippen molar-refractivity contribution in [3.05, 3.63) is 18.1 Å². The van der Waals surface area contributed by atoms with Crippen LogP contribution in [0.4, 0.5) is 5.82 Å². The number of hydrogen-bond acceptors (Lipinski definition) is 4. The Morgan fingerprint density at radius 2 is 1.83 bits per heavy atom. The summed E-state index contributed by atoms with van der Waals surface area (Å²) in [6.45, 7) is 13.0. The molecular weight excluding hydrogens is 224 g/mol. The van der Waals surface area contributed by atoms with E-state index >= 15 is 0 Å². The molecule has 0 fully saturated rings. The first kappa shape index (κ1) is 14.9. The van der Waals surface area contributed by atoms with E-state index in [1.165, 1.54) is 0 Å². The maximum atomic E-state index is 4.23. The van der Waals surface area contributed by atoms with Crippen LogP contribution in [0.3, 0.4) is 0 Å². The highest BCUT2D eigenvalue weighted by Crippen LogP contribution is 2.06. The minimum Gasteiger partial charge on any atom is -0.369 e. The van der Waals surface area contributed by atoms with Gasteiger partial charge < -0.3 is 5.32 Å². The smallest absolute Gasteiger partial charge is 0.129 e. The van der Waals surface area contributed by atoms with E-state index in [1.807, 2.05) is 6.07 Å². The third kappa shape index (κ3) is 4.61. The first-order valence-corrected chi connectivity index (χ1v) is 6.85. The van der Waals surface area contributed by atoms with Crippen molar-refractivity contribution in [2.75, 3.05) is 18.4 Å². The molecule has 0 bridgehead atoms. The van der Waals surface area contributed by atoms with Crippen LogP contribution in [0, 0.1) is 0 Å². The quantitative estimate of drug-likeness (QED) is 0.807. The molecule has 18 heavy (non-hydrogen) atoms. The standard InChI is InChI=1S/C14H26N4/c1-6-13-9-14(17-10-16-13)15-7-8-18(11(2)3)12(4)5/h9-12H,6-8H2,1-5H3,(H,15,16,17). The van der Waals surface area contributed by atoms with Crippen molar-refractivity contribution in [2.45, 2.75) is 53.1 Å². The Labute approximate surface area is 111 Å². The molecule has 1 rings (SSSR count). The highest BCUT2D eigenvalue weighted by molar-refractivity contribution is 5.34. The van der Waals surface area contributed by atoms with Gasteiger partial charge in [0.15, 0.2) is 0 Å². The maximum absolute atomic E-state index is 4.23. The van der Waals surface area contributed by atoms with E-state index in [2.05, 4.69) is 54.8 Å². The monoisotopic (exact) mass is 250 g/mol. The molecule has 0 aromatic carbocycles. The molecule has 1 aromatic heterocycles. The summed E-state index contributed by atoms with van der Waals surface area (Å²) in [4.78, 5) is 10.9. The number of hydrogen-bond donors (Lipinski definition) is 1. The molecule has 0 radical (unpaired) electrons. The van der Waals surface area contributed by atoms with Gasteiger partial charge in [0.1, 0.15) is 12.1 Å². The Morgan fingerprint density at radius 1 is 1.17 bits per heavy atom. The Kier molecular flexibility index (Phi) is 6.05. The average molecular weight is 250 g/mol. The summed E-state index contributed by atoms with van der Waals surface area (Å²) in [7, 11) is 0. The second-order valence-electron chi connectivity index (χ2n) is 5.10. The highest BCUT2D eigenvalue weighted by Gasteiger charge is 2.12. The maximum Gasteiger partial charge on any atom is 0.129 e. The highest BCUT2D eigenvalue weighted by atomic mass is 15.2. The zero-order valence-electron chi connectivity index (χ0n) is 12.3. The van der Waals surface area contributed by atoms with Crippen LogP contribution >= 0.6 is 0 Å². The first-order valence-electron chi connectivity index (χ1n) is 6.85. The molecule has 0 spiro atoms. The summed E-state index contributed by atoms with van der Waals surface area (Å²) in [6.07, 6.45) is 2.57. The largest absolute Gasteiger partial charge is 0.369 e. The van der Waals surface area contributed by atoms with Crippen molar-refractivity contribution in [2.24, 2.45) is 0 Å². The van der Waals surface area contributed by atoms with Gasteiger partial charge in [0.05, 0.1) is 0 Å². The number of nitrogens with one attached hydrogen (secondary N) is 1. The molecule has 1 heterocycles. The van der Waals surface area contributed by atoms with E-state index in [9.17, 15) is 0 Å². The fraction of sp³-hybridized carbons (Fsp3) is 0.714. The molecule has 0 aliphatic carbocycles. The Bertz CT molecular complexity index is 341. The summed E-state index contributed by atoms with van der Waals surface area (Å²) in [6, 6.07) is 3.17. The first-order chi connectivity index (χ1) is 8.54. The lowest BCUT2D eigenvalue weighted by Crippen LogP contribution is -2.40. The fourth-order valence-corrected chi connectivity index (χ4v) is 2.11. The van der Waals surface area contributed by atoms with Gasteiger partial charge in [-0.3, -0.25) is 4.90 Å². The van der Waals surface area contributed by atoms with Crippen molar-refractivity contribution >= 4 is 5.82 Å². The second kappa shape index (κ2) is 7.31. The molecule has 0 amide bonds. The van der Waals surface area contributed by atoms with Crippen molar-refractivity contribution < 1.29 is 0 Å². The van der Waals surface area contributed by atoms with Gasteiger partial charge in [-0.1, -0.05) is 6.92 Å². The van der Waals surface area contributed by atoms with Crippen molar-refractivity contribution in [1.82, 2.24) is 14.9 Å². The number of anilines is 1. The number of nitrogens with zero attached hydrogens (tertiary/aromatic N) is 3. The number of aromatic nitrogens is 2. The molecule has 0 atom stereocenters. The molecule has 1 aromatic rings. The van der Waals surface area contributed by atoms with E-state index in [0.29, 0.717) is 12.1 Å². The zero-order chi connectivity index (χ0) is 13.5. The van der Waals surface area contributed by atoms with E-state index in [4.69, 9.17) is 0 Å². The Morgan fingerprint density at radius 3 is 2.39 bits per heavy atom. The topological polar surface area (TPSA) is 41.0 Å². The lowest BCUT2D eigenvalue weighted by molar-refractivity contribution is 0.182. The Hall–Kier alpha value is -1.16. The van der Waals surface area contributed by atoms with Crippen LogP contribution in [0.25, 0.3) is 0 Å². The van der Waals surface area contributed by atoms with Crippen LogP contribution in [0.5, 0.6) is 0 Å². The third-order valence-electron chi connectivity index (χ3n) is 3.09. The van der Waals surface area contributed by atoms with Gasteiger partial charge in [-0.25, -0.2) is 9.97 Å². The van der Waals surface area contributed by atoms with E-state index in [1.54, 1.807) is 6.33 Å². The number of aryl methyl sites for hydroxylation is 1. The average Bonchev–Trinajstić information content (AvgIpc) is 2.34. The summed E-state index contributed by atoms with van der Waals surface area (Å²) < 4.78 is 0. The molecule has 1 N–H and O–H groups in total. The van der Waals surface area contributed by atoms with E-state index in [0.717, 1.165) is 31.0 Å². The van der Waals surface area contributed by atoms with Crippen LogP contribution in [-0.2, 0) is 6.42 Å². The molecule has 4 nitrogen and oxygen atoms in total. The van der Waals surface area contributed by atoms with Gasteiger partial charge in [0.25, 0.3) is 0 Å². The molecule has 0 aliphatic heterocycles. The SMILES string of the molecule is CCc1cc(NCCN(C(C)C)C(C)C)ncn1. The summed E-state index contributed by atoms with van der Waals surface area (Å²) >= 11 is 0. The summed E-state index contributed by atoms with van der Waals surface area (Å²) in [5, 5.41) is 3.37. The van der Waals surface area contributed by atoms with Crippen LogP contribution < -0.4 is 5.32 Å². The molecule has 102 valence electrons. The van der Waals surface area contributed by atoms with Gasteiger partial charge in [-0.2, -0.15) is 0 Å². The van der Waals surface area contributed by atoms with Crippen molar-refractivity contribution in [3.8, 4) is 0 Å². The summed E-state index contributed by atoms with van der Waals surface area (Å²) in [5.74, 6) is 0.925. The predicted octanol–water partition coefficient (Wildman–Crippen LogP) is 2.57. The van der Waals surface area contributed by atoms with E-state index < -0.39 is 0 Å². The predicted molar refractivity (Wildman–Crippen MR) is 76.9 cm³/mol. The Balaban J connectivity index is 2.44. The molecule has 0 unspecified atom stereocenters. The molecular formula is C14H26N4. The minimum atomic E-state index is 0.573. The van der Waals surface area contributed by atoms with E-state index in [-0.39, 0.29) is 0 Å². The molecule has 0 saturated carbocycles. The van der Waals surface area contributed by atoms with Crippen LogP contribution in [-0.4, -0.2) is 40.0 Å². The second-order valence-corrected chi connectivity index (χ2v) is 5.10. The number of rotatable bonds is 7. The summed E-state index contributed by atoms with van der Waals surface area (Å²) in [5.41, 5.74) is 1.08. The molecule has 0 saturated heterocycles. The van der Waals surface area contributed by atoms with Crippen LogP contribution in [0.1, 0.15) is 40.3 Å². The zero-order valence-corrected chi connectivity index (χ0v) is 12.3. The normalized spacial score (nSPS) is 11.6. The molecule has 0 aliphatic rings. The molecule has 4 heteroatoms. The minimum absolute atomic E-state index is 0.573. The lowest BCUT2D eigenvalue weighted by atomic mass is 10.2. The van der Waals surface area contributed by atoms with Gasteiger partial charge in [0.2, 0.25) is 0 Å². The van der Waals surface area contributed by atoms with Crippen LogP contribution in [0.15, 0.2) is 12.4 Å². The lowest BCUT2D eigenvalue weighted by Gasteiger charge is -2.30. The van der Waals surface area contributed by atoms with Gasteiger partial charge in [-0.05, 0) is 34.1 Å².